The lowest BCUT2D eigenvalue weighted by Gasteiger charge is -2.28. The third-order valence-corrected chi connectivity index (χ3v) is 6.22. The van der Waals surface area contributed by atoms with Crippen molar-refractivity contribution < 1.29 is 4.79 Å². The number of nitrogens with zero attached hydrogens (tertiary/aromatic N) is 4. The maximum absolute atomic E-state index is 12.6. The third kappa shape index (κ3) is 4.29. The van der Waals surface area contributed by atoms with E-state index in [0.717, 1.165) is 29.9 Å². The molecule has 144 valence electrons. The number of aryl methyl sites for hydroxylation is 1. The Morgan fingerprint density at radius 2 is 1.85 bits per heavy atom. The number of anilines is 2. The predicted molar refractivity (Wildman–Crippen MR) is 109 cm³/mol. The Kier molecular flexibility index (Phi) is 5.38. The molecule has 27 heavy (non-hydrogen) atoms. The van der Waals surface area contributed by atoms with Crippen molar-refractivity contribution in [3.63, 3.8) is 0 Å². The van der Waals surface area contributed by atoms with Gasteiger partial charge in [0, 0.05) is 24.8 Å². The molecule has 0 spiro atoms. The molecule has 1 aliphatic heterocycles. The van der Waals surface area contributed by atoms with Gasteiger partial charge in [-0.3, -0.25) is 9.36 Å². The lowest BCUT2D eigenvalue weighted by Crippen LogP contribution is -2.32. The second-order valence-electron chi connectivity index (χ2n) is 7.55. The molecule has 2 aliphatic rings. The molecule has 1 unspecified atom stereocenters. The maximum atomic E-state index is 12.6. The summed E-state index contributed by atoms with van der Waals surface area (Å²) in [5.41, 5.74) is 2.01. The van der Waals surface area contributed by atoms with Gasteiger partial charge in [-0.2, -0.15) is 0 Å². The number of aromatic nitrogens is 3. The van der Waals surface area contributed by atoms with Gasteiger partial charge in [-0.15, -0.1) is 10.2 Å². The van der Waals surface area contributed by atoms with Crippen molar-refractivity contribution in [2.45, 2.75) is 62.4 Å². The van der Waals surface area contributed by atoms with E-state index in [1.165, 1.54) is 49.4 Å². The van der Waals surface area contributed by atoms with Gasteiger partial charge < -0.3 is 10.2 Å². The Balaban J connectivity index is 1.45. The molecule has 2 heterocycles. The highest BCUT2D eigenvalue weighted by atomic mass is 32.2. The summed E-state index contributed by atoms with van der Waals surface area (Å²) in [6.45, 7) is 6.08. The van der Waals surface area contributed by atoms with Crippen LogP contribution in [0.25, 0.3) is 0 Å². The molecule has 1 aliphatic carbocycles. The predicted octanol–water partition coefficient (Wildman–Crippen LogP) is 4.03. The van der Waals surface area contributed by atoms with E-state index in [2.05, 4.69) is 25.0 Å². The summed E-state index contributed by atoms with van der Waals surface area (Å²) in [4.78, 5) is 15.0. The second kappa shape index (κ2) is 7.92. The van der Waals surface area contributed by atoms with Crippen LogP contribution in [0.4, 0.5) is 11.6 Å². The summed E-state index contributed by atoms with van der Waals surface area (Å²) >= 11 is 1.50. The largest absolute Gasteiger partial charge is 0.341 e. The van der Waals surface area contributed by atoms with Gasteiger partial charge in [-0.25, -0.2) is 0 Å². The fourth-order valence-corrected chi connectivity index (χ4v) is 4.32. The van der Waals surface area contributed by atoms with Crippen LogP contribution in [0.3, 0.4) is 0 Å². The molecule has 1 aromatic heterocycles. The molecule has 2 aromatic rings. The SMILES string of the molecule is Cc1ccc(NC(=O)C(C)Sc2nnc(N3CCCCC3)n2C2CC2)cc1. The molecule has 1 saturated heterocycles. The summed E-state index contributed by atoms with van der Waals surface area (Å²) in [5, 5.41) is 12.6. The lowest BCUT2D eigenvalue weighted by atomic mass is 10.1. The molecule has 1 amide bonds. The van der Waals surface area contributed by atoms with E-state index in [-0.39, 0.29) is 11.2 Å². The first kappa shape index (κ1) is 18.3. The van der Waals surface area contributed by atoms with Crippen molar-refractivity contribution in [2.75, 3.05) is 23.3 Å². The fraction of sp³-hybridized carbons (Fsp3) is 0.550. The Labute approximate surface area is 164 Å². The Morgan fingerprint density at radius 3 is 2.52 bits per heavy atom. The molecule has 2 fully saturated rings. The minimum Gasteiger partial charge on any atom is -0.341 e. The number of piperidine rings is 1. The van der Waals surface area contributed by atoms with Crippen molar-refractivity contribution in [2.24, 2.45) is 0 Å². The molecule has 6 nitrogen and oxygen atoms in total. The van der Waals surface area contributed by atoms with Crippen molar-refractivity contribution in [1.82, 2.24) is 14.8 Å². The minimum atomic E-state index is -0.234. The number of thioether (sulfide) groups is 1. The molecule has 0 bridgehead atoms. The standard InChI is InChI=1S/C20H27N5OS/c1-14-6-8-16(9-7-14)21-18(26)15(2)27-20-23-22-19(25(20)17-10-11-17)24-12-4-3-5-13-24/h6-9,15,17H,3-5,10-13H2,1-2H3,(H,21,26). The zero-order chi connectivity index (χ0) is 18.8. The summed E-state index contributed by atoms with van der Waals surface area (Å²) in [7, 11) is 0. The maximum Gasteiger partial charge on any atom is 0.237 e. The van der Waals surface area contributed by atoms with Crippen LogP contribution >= 0.6 is 11.8 Å². The molecule has 7 heteroatoms. The van der Waals surface area contributed by atoms with E-state index in [0.29, 0.717) is 6.04 Å². The van der Waals surface area contributed by atoms with Crippen LogP contribution in [-0.4, -0.2) is 39.0 Å². The minimum absolute atomic E-state index is 0.00581. The first-order valence-corrected chi connectivity index (χ1v) is 10.7. The van der Waals surface area contributed by atoms with E-state index < -0.39 is 0 Å². The van der Waals surface area contributed by atoms with E-state index >= 15 is 0 Å². The normalized spacial score (nSPS) is 18.4. The Hall–Kier alpha value is -2.02. The summed E-state index contributed by atoms with van der Waals surface area (Å²) in [5.74, 6) is 0.986. The number of hydrogen-bond acceptors (Lipinski definition) is 5. The topological polar surface area (TPSA) is 63.1 Å². The number of rotatable bonds is 6. The average Bonchev–Trinajstić information content (AvgIpc) is 3.44. The number of amides is 1. The summed E-state index contributed by atoms with van der Waals surface area (Å²) in [6, 6.07) is 8.37. The van der Waals surface area contributed by atoms with Crippen LogP contribution in [0.5, 0.6) is 0 Å². The zero-order valence-corrected chi connectivity index (χ0v) is 16.8. The number of carbonyl (C=O) groups excluding carboxylic acids is 1. The Bertz CT molecular complexity index is 793. The quantitative estimate of drug-likeness (QED) is 0.761. The molecule has 0 radical (unpaired) electrons. The van der Waals surface area contributed by atoms with Crippen molar-refractivity contribution in [3.8, 4) is 0 Å². The van der Waals surface area contributed by atoms with E-state index in [1.54, 1.807) is 0 Å². The molecule has 1 saturated carbocycles. The van der Waals surface area contributed by atoms with Crippen molar-refractivity contribution in [3.05, 3.63) is 29.8 Å². The van der Waals surface area contributed by atoms with Gasteiger partial charge >= 0.3 is 0 Å². The molecule has 1 N–H and O–H groups in total. The first-order valence-electron chi connectivity index (χ1n) is 9.86. The van der Waals surface area contributed by atoms with Gasteiger partial charge in [0.05, 0.1) is 5.25 Å². The van der Waals surface area contributed by atoms with Crippen molar-refractivity contribution >= 4 is 29.3 Å². The third-order valence-electron chi connectivity index (χ3n) is 5.17. The van der Waals surface area contributed by atoms with E-state index in [1.807, 2.05) is 38.1 Å². The number of carbonyl (C=O) groups is 1. The van der Waals surface area contributed by atoms with Crippen LogP contribution in [-0.2, 0) is 4.79 Å². The molecular formula is C20H27N5OS. The van der Waals surface area contributed by atoms with Gasteiger partial charge in [-0.05, 0) is 58.1 Å². The van der Waals surface area contributed by atoms with Crippen molar-refractivity contribution in [1.29, 1.82) is 0 Å². The molecule has 1 aromatic carbocycles. The van der Waals surface area contributed by atoms with Crippen LogP contribution in [0.2, 0.25) is 0 Å². The number of benzene rings is 1. The average molecular weight is 386 g/mol. The van der Waals surface area contributed by atoms with Crippen LogP contribution in [0, 0.1) is 6.92 Å². The van der Waals surface area contributed by atoms with Gasteiger partial charge in [-0.1, -0.05) is 29.5 Å². The van der Waals surface area contributed by atoms with Gasteiger partial charge in [0.2, 0.25) is 11.9 Å². The first-order chi connectivity index (χ1) is 13.1. The van der Waals surface area contributed by atoms with Crippen LogP contribution < -0.4 is 10.2 Å². The number of hydrogen-bond donors (Lipinski definition) is 1. The zero-order valence-electron chi connectivity index (χ0n) is 16.0. The van der Waals surface area contributed by atoms with Gasteiger partial charge in [0.1, 0.15) is 0 Å². The smallest absolute Gasteiger partial charge is 0.237 e. The highest BCUT2D eigenvalue weighted by Gasteiger charge is 2.33. The highest BCUT2D eigenvalue weighted by molar-refractivity contribution is 8.00. The van der Waals surface area contributed by atoms with Gasteiger partial charge in [0.15, 0.2) is 5.16 Å². The fourth-order valence-electron chi connectivity index (χ4n) is 3.40. The van der Waals surface area contributed by atoms with E-state index in [4.69, 9.17) is 0 Å². The highest BCUT2D eigenvalue weighted by Crippen LogP contribution is 2.42. The number of nitrogens with one attached hydrogen (secondary N) is 1. The monoisotopic (exact) mass is 385 g/mol. The Morgan fingerprint density at radius 1 is 1.15 bits per heavy atom. The second-order valence-corrected chi connectivity index (χ2v) is 8.85. The summed E-state index contributed by atoms with van der Waals surface area (Å²) in [6.07, 6.45) is 6.09. The lowest BCUT2D eigenvalue weighted by molar-refractivity contribution is -0.115. The molecule has 1 atom stereocenters. The molecular weight excluding hydrogens is 358 g/mol. The molecule has 4 rings (SSSR count). The van der Waals surface area contributed by atoms with Gasteiger partial charge in [0.25, 0.3) is 0 Å². The summed E-state index contributed by atoms with van der Waals surface area (Å²) < 4.78 is 2.27. The van der Waals surface area contributed by atoms with E-state index in [9.17, 15) is 4.79 Å². The van der Waals surface area contributed by atoms with Crippen LogP contribution in [0.1, 0.15) is 50.6 Å². The van der Waals surface area contributed by atoms with Crippen LogP contribution in [0.15, 0.2) is 29.4 Å².